The van der Waals surface area contributed by atoms with E-state index in [1.807, 2.05) is 0 Å². The second-order valence-corrected chi connectivity index (χ2v) is 8.64. The molecule has 2 rings (SSSR count). The van der Waals surface area contributed by atoms with Crippen LogP contribution in [0.15, 0.2) is 29.2 Å². The number of aliphatic hydroxyl groups excluding tert-OH is 1. The number of carbonyl (C=O) groups excluding carboxylic acids is 2. The highest BCUT2D eigenvalue weighted by Gasteiger charge is 2.45. The lowest BCUT2D eigenvalue weighted by Crippen LogP contribution is -2.65. The number of aliphatic hydroxyl groups is 1. The Labute approximate surface area is 175 Å². The molecule has 11 heteroatoms. The predicted octanol–water partition coefficient (Wildman–Crippen LogP) is -0.435. The quantitative estimate of drug-likeness (QED) is 0.322. The third-order valence-corrected chi connectivity index (χ3v) is 6.55. The van der Waals surface area contributed by atoms with Gasteiger partial charge in [0.05, 0.1) is 10.9 Å². The number of ether oxygens (including phenoxy) is 1. The van der Waals surface area contributed by atoms with E-state index in [1.54, 1.807) is 6.92 Å². The van der Waals surface area contributed by atoms with Crippen LogP contribution in [-0.2, 0) is 19.6 Å². The molecular formula is C19H25N3O7S. The summed E-state index contributed by atoms with van der Waals surface area (Å²) in [5.74, 6) is 4.31. The van der Waals surface area contributed by atoms with Crippen LogP contribution in [-0.4, -0.2) is 77.6 Å². The van der Waals surface area contributed by atoms with Crippen molar-refractivity contribution in [1.29, 1.82) is 0 Å². The van der Waals surface area contributed by atoms with Crippen molar-refractivity contribution in [3.8, 4) is 17.6 Å². The van der Waals surface area contributed by atoms with Crippen molar-refractivity contribution in [1.82, 2.24) is 14.7 Å². The van der Waals surface area contributed by atoms with Gasteiger partial charge in [-0.15, -0.1) is 0 Å². The van der Waals surface area contributed by atoms with Crippen LogP contribution in [0.25, 0.3) is 0 Å². The van der Waals surface area contributed by atoms with E-state index < -0.39 is 34.1 Å². The summed E-state index contributed by atoms with van der Waals surface area (Å²) in [6.45, 7) is 4.45. The Morgan fingerprint density at radius 1 is 1.30 bits per heavy atom. The van der Waals surface area contributed by atoms with Crippen molar-refractivity contribution in [2.24, 2.45) is 0 Å². The van der Waals surface area contributed by atoms with Crippen molar-refractivity contribution in [3.05, 3.63) is 24.3 Å². The lowest BCUT2D eigenvalue weighted by molar-refractivity contribution is -0.142. The molecule has 0 saturated carbocycles. The van der Waals surface area contributed by atoms with Crippen LogP contribution >= 0.6 is 0 Å². The highest BCUT2D eigenvalue weighted by atomic mass is 32.2. The Kier molecular flexibility index (Phi) is 7.80. The Bertz CT molecular complexity index is 935. The third kappa shape index (κ3) is 5.28. The summed E-state index contributed by atoms with van der Waals surface area (Å²) in [5, 5.41) is 18.2. The molecular weight excluding hydrogens is 414 g/mol. The monoisotopic (exact) mass is 439 g/mol. The Balaban J connectivity index is 2.25. The molecule has 10 nitrogen and oxygen atoms in total. The first-order valence-corrected chi connectivity index (χ1v) is 10.7. The lowest BCUT2D eigenvalue weighted by Gasteiger charge is -2.43. The molecule has 1 aliphatic heterocycles. The number of piperazine rings is 1. The number of nitrogens with zero attached hydrogens (tertiary/aromatic N) is 2. The Hall–Kier alpha value is -2.65. The first-order chi connectivity index (χ1) is 14.1. The second kappa shape index (κ2) is 9.90. The zero-order valence-corrected chi connectivity index (χ0v) is 17.7. The van der Waals surface area contributed by atoms with E-state index in [0.717, 1.165) is 4.31 Å². The zero-order valence-electron chi connectivity index (χ0n) is 16.9. The summed E-state index contributed by atoms with van der Waals surface area (Å²) in [7, 11) is -4.09. The average molecular weight is 439 g/mol. The fourth-order valence-corrected chi connectivity index (χ4v) is 4.89. The van der Waals surface area contributed by atoms with Gasteiger partial charge >= 0.3 is 0 Å². The molecule has 1 saturated heterocycles. The van der Waals surface area contributed by atoms with Crippen LogP contribution in [0.3, 0.4) is 0 Å². The van der Waals surface area contributed by atoms with Gasteiger partial charge in [0, 0.05) is 20.0 Å². The molecule has 3 N–H and O–H groups in total. The van der Waals surface area contributed by atoms with Crippen molar-refractivity contribution in [2.75, 3.05) is 19.7 Å². The first-order valence-electron chi connectivity index (χ1n) is 9.22. The van der Waals surface area contributed by atoms with Crippen LogP contribution in [0.4, 0.5) is 0 Å². The Morgan fingerprint density at radius 2 is 1.93 bits per heavy atom. The minimum atomic E-state index is -4.09. The maximum Gasteiger partial charge on any atom is 0.263 e. The summed E-state index contributed by atoms with van der Waals surface area (Å²) < 4.78 is 32.7. The number of nitrogens with one attached hydrogen (secondary N) is 1. The number of hydroxylamine groups is 1. The van der Waals surface area contributed by atoms with Crippen molar-refractivity contribution >= 4 is 21.8 Å². The van der Waals surface area contributed by atoms with Gasteiger partial charge in [-0.05, 0) is 38.1 Å². The fraction of sp³-hybridized carbons (Fsp3) is 0.474. The highest BCUT2D eigenvalue weighted by molar-refractivity contribution is 7.89. The maximum absolute atomic E-state index is 13.2. The van der Waals surface area contributed by atoms with Gasteiger partial charge in [-0.1, -0.05) is 11.8 Å². The van der Waals surface area contributed by atoms with Crippen molar-refractivity contribution in [2.45, 2.75) is 43.9 Å². The second-order valence-electron chi connectivity index (χ2n) is 6.75. The molecule has 0 radical (unpaired) electrons. The third-order valence-electron chi connectivity index (χ3n) is 4.66. The summed E-state index contributed by atoms with van der Waals surface area (Å²) in [6, 6.07) is 3.52. The number of hydrogen-bond donors (Lipinski definition) is 3. The lowest BCUT2D eigenvalue weighted by atomic mass is 10.0. The minimum Gasteiger partial charge on any atom is -0.481 e. The summed E-state index contributed by atoms with van der Waals surface area (Å²) >= 11 is 0. The standard InChI is InChI=1S/C19H25N3O7S/c1-13(23)5-4-12-29-16-6-8-17(9-7-16)30(27,28)22-11-10-21(15(3)24)14(2)18(22)19(25)20-26/h6-9,13-14,18,23,26H,10-12H2,1-3H3,(H,20,25). The molecule has 0 spiro atoms. The van der Waals surface area contributed by atoms with Gasteiger partial charge in [-0.3, -0.25) is 14.8 Å². The zero-order chi connectivity index (χ0) is 22.5. The van der Waals surface area contributed by atoms with Crippen molar-refractivity contribution in [3.63, 3.8) is 0 Å². The van der Waals surface area contributed by atoms with Crippen LogP contribution in [0.1, 0.15) is 20.8 Å². The topological polar surface area (TPSA) is 136 Å². The fourth-order valence-electron chi connectivity index (χ4n) is 3.24. The summed E-state index contributed by atoms with van der Waals surface area (Å²) in [6.07, 6.45) is -0.768. The van der Waals surface area contributed by atoms with E-state index >= 15 is 0 Å². The van der Waals surface area contributed by atoms with Gasteiger partial charge < -0.3 is 14.7 Å². The molecule has 164 valence electrons. The van der Waals surface area contributed by atoms with Crippen LogP contribution in [0, 0.1) is 11.8 Å². The van der Waals surface area contributed by atoms with E-state index in [2.05, 4.69) is 11.8 Å². The number of sulfonamides is 1. The average Bonchev–Trinajstić information content (AvgIpc) is 2.70. The first kappa shape index (κ1) is 23.6. The van der Waals surface area contributed by atoms with Gasteiger partial charge in [0.1, 0.15) is 24.5 Å². The number of carbonyl (C=O) groups is 2. The van der Waals surface area contributed by atoms with Gasteiger partial charge in [-0.25, -0.2) is 13.9 Å². The molecule has 30 heavy (non-hydrogen) atoms. The van der Waals surface area contributed by atoms with Gasteiger partial charge in [0.15, 0.2) is 0 Å². The van der Waals surface area contributed by atoms with E-state index in [4.69, 9.17) is 15.1 Å². The Morgan fingerprint density at radius 3 is 2.47 bits per heavy atom. The molecule has 2 amide bonds. The number of amides is 2. The van der Waals surface area contributed by atoms with Crippen molar-refractivity contribution < 1.29 is 33.1 Å². The van der Waals surface area contributed by atoms with Crippen LogP contribution < -0.4 is 10.2 Å². The van der Waals surface area contributed by atoms with Gasteiger partial charge in [0.2, 0.25) is 15.9 Å². The minimum absolute atomic E-state index is 0.0280. The van der Waals surface area contributed by atoms with E-state index in [-0.39, 0.29) is 30.5 Å². The number of rotatable bonds is 5. The summed E-state index contributed by atoms with van der Waals surface area (Å²) in [4.78, 5) is 25.3. The maximum atomic E-state index is 13.2. The number of hydrogen-bond acceptors (Lipinski definition) is 7. The summed E-state index contributed by atoms with van der Waals surface area (Å²) in [5.41, 5.74) is 1.49. The highest BCUT2D eigenvalue weighted by Crippen LogP contribution is 2.26. The molecule has 3 atom stereocenters. The van der Waals surface area contributed by atoms with E-state index in [1.165, 1.54) is 48.5 Å². The molecule has 0 aliphatic carbocycles. The SMILES string of the molecule is CC(=O)N1CCN(S(=O)(=O)c2ccc(OCC#CC(C)O)cc2)C(C(=O)NO)C1C. The van der Waals surface area contributed by atoms with Gasteiger partial charge in [-0.2, -0.15) is 4.31 Å². The molecule has 3 unspecified atom stereocenters. The molecule has 0 bridgehead atoms. The molecule has 1 aliphatic rings. The largest absolute Gasteiger partial charge is 0.481 e. The number of benzene rings is 1. The van der Waals surface area contributed by atoms with E-state index in [0.29, 0.717) is 5.75 Å². The van der Waals surface area contributed by atoms with Gasteiger partial charge in [0.25, 0.3) is 5.91 Å². The van der Waals surface area contributed by atoms with Crippen LogP contribution in [0.5, 0.6) is 5.75 Å². The van der Waals surface area contributed by atoms with E-state index in [9.17, 15) is 18.0 Å². The van der Waals surface area contributed by atoms with Crippen LogP contribution in [0.2, 0.25) is 0 Å². The smallest absolute Gasteiger partial charge is 0.263 e. The normalized spacial score (nSPS) is 20.6. The predicted molar refractivity (Wildman–Crippen MR) is 106 cm³/mol. The molecule has 1 heterocycles. The molecule has 1 fully saturated rings. The molecule has 1 aromatic carbocycles. The molecule has 1 aromatic rings. The molecule has 0 aromatic heterocycles.